The average Bonchev–Trinajstić information content (AvgIpc) is 2.76. The second-order valence-electron chi connectivity index (χ2n) is 5.80. The molecule has 0 amide bonds. The minimum Gasteiger partial charge on any atom is -0.382 e. The Balaban J connectivity index is 2.26. The highest BCUT2D eigenvalue weighted by atomic mass is 19.3. The third-order valence-electron chi connectivity index (χ3n) is 3.53. The summed E-state index contributed by atoms with van der Waals surface area (Å²) in [6.45, 7) is 5.58. The van der Waals surface area contributed by atoms with Gasteiger partial charge in [0.25, 0.3) is 5.92 Å². The van der Waals surface area contributed by atoms with Crippen molar-refractivity contribution in [3.05, 3.63) is 11.3 Å². The van der Waals surface area contributed by atoms with Crippen LogP contribution < -0.4 is 5.73 Å². The van der Waals surface area contributed by atoms with E-state index < -0.39 is 17.4 Å². The lowest BCUT2D eigenvalue weighted by Crippen LogP contribution is -2.30. The highest BCUT2D eigenvalue weighted by Crippen LogP contribution is 2.68. The van der Waals surface area contributed by atoms with Gasteiger partial charge in [0.1, 0.15) is 11.5 Å². The Morgan fingerprint density at radius 2 is 2.06 bits per heavy atom. The number of fused-ring (bicyclic) bond motifs is 3. The normalized spacial score (nSPS) is 30.1. The van der Waals surface area contributed by atoms with Gasteiger partial charge >= 0.3 is 0 Å². The van der Waals surface area contributed by atoms with Gasteiger partial charge in [-0.25, -0.2) is 0 Å². The summed E-state index contributed by atoms with van der Waals surface area (Å²) < 4.78 is 29.5. The number of hydrogen-bond donors (Lipinski definition) is 1. The maximum Gasteiger partial charge on any atom is 0.293 e. The lowest BCUT2D eigenvalue weighted by molar-refractivity contribution is -0.0342. The smallest absolute Gasteiger partial charge is 0.293 e. The summed E-state index contributed by atoms with van der Waals surface area (Å²) in [4.78, 5) is 0. The minimum atomic E-state index is -2.75. The van der Waals surface area contributed by atoms with Crippen LogP contribution in [0.3, 0.4) is 0 Å². The zero-order valence-electron chi connectivity index (χ0n) is 9.59. The number of alkyl halides is 2. The van der Waals surface area contributed by atoms with Gasteiger partial charge in [-0.05, 0) is 33.1 Å². The highest BCUT2D eigenvalue weighted by molar-refractivity contribution is 5.55. The van der Waals surface area contributed by atoms with Gasteiger partial charge in [-0.3, -0.25) is 4.68 Å². The Bertz CT molecular complexity index is 470. The van der Waals surface area contributed by atoms with Crippen molar-refractivity contribution >= 4 is 5.82 Å². The maximum absolute atomic E-state index is 14.1. The van der Waals surface area contributed by atoms with E-state index in [0.717, 1.165) is 0 Å². The number of halogens is 2. The molecule has 2 N–H and O–H groups in total. The van der Waals surface area contributed by atoms with E-state index in [2.05, 4.69) is 5.10 Å². The molecule has 5 heteroatoms. The zero-order chi connectivity index (χ0) is 11.9. The Hall–Kier alpha value is -1.13. The Morgan fingerprint density at radius 1 is 1.44 bits per heavy atom. The lowest BCUT2D eigenvalue weighted by atomic mass is 10.1. The predicted octanol–water partition coefficient (Wildman–Crippen LogP) is 2.43. The number of anilines is 1. The molecule has 1 saturated carbocycles. The molecule has 0 saturated heterocycles. The van der Waals surface area contributed by atoms with Gasteiger partial charge < -0.3 is 5.73 Å². The van der Waals surface area contributed by atoms with Crippen LogP contribution in [-0.4, -0.2) is 9.78 Å². The van der Waals surface area contributed by atoms with Crippen molar-refractivity contribution < 1.29 is 8.78 Å². The van der Waals surface area contributed by atoms with E-state index in [1.165, 1.54) is 4.68 Å². The number of nitrogen functional groups attached to an aromatic ring is 1. The van der Waals surface area contributed by atoms with E-state index in [4.69, 9.17) is 5.73 Å². The van der Waals surface area contributed by atoms with Gasteiger partial charge in [0.2, 0.25) is 0 Å². The first-order valence-electron chi connectivity index (χ1n) is 5.51. The summed E-state index contributed by atoms with van der Waals surface area (Å²) in [7, 11) is 0. The Kier molecular flexibility index (Phi) is 1.51. The second kappa shape index (κ2) is 2.41. The number of aromatic nitrogens is 2. The fourth-order valence-corrected chi connectivity index (χ4v) is 2.71. The lowest BCUT2D eigenvalue weighted by Gasteiger charge is -2.25. The van der Waals surface area contributed by atoms with Crippen molar-refractivity contribution in [2.45, 2.75) is 44.6 Å². The van der Waals surface area contributed by atoms with Crippen LogP contribution in [0.4, 0.5) is 14.6 Å². The van der Waals surface area contributed by atoms with Crippen molar-refractivity contribution in [1.82, 2.24) is 9.78 Å². The van der Waals surface area contributed by atoms with Crippen molar-refractivity contribution in [3.63, 3.8) is 0 Å². The summed E-state index contributed by atoms with van der Waals surface area (Å²) >= 11 is 0. The van der Waals surface area contributed by atoms with Gasteiger partial charge in [0.15, 0.2) is 0 Å². The molecule has 2 aliphatic carbocycles. The molecule has 1 aromatic heterocycles. The van der Waals surface area contributed by atoms with Crippen LogP contribution >= 0.6 is 0 Å². The zero-order valence-corrected chi connectivity index (χ0v) is 9.59. The number of nitrogens with zero attached hydrogens (tertiary/aromatic N) is 2. The number of nitrogens with two attached hydrogens (primary N) is 1. The molecule has 88 valence electrons. The minimum absolute atomic E-state index is 0.0544. The predicted molar refractivity (Wildman–Crippen MR) is 56.4 cm³/mol. The molecule has 1 fully saturated rings. The molecule has 1 unspecified atom stereocenters. The Labute approximate surface area is 92.6 Å². The van der Waals surface area contributed by atoms with Crippen LogP contribution in [0.15, 0.2) is 0 Å². The molecule has 2 atom stereocenters. The van der Waals surface area contributed by atoms with Crippen molar-refractivity contribution in [2.24, 2.45) is 5.92 Å². The topological polar surface area (TPSA) is 43.8 Å². The number of hydrogen-bond acceptors (Lipinski definition) is 2. The highest BCUT2D eigenvalue weighted by Gasteiger charge is 2.67. The van der Waals surface area contributed by atoms with Crippen LogP contribution in [0.5, 0.6) is 0 Å². The van der Waals surface area contributed by atoms with Crippen molar-refractivity contribution in [3.8, 4) is 0 Å². The molecule has 2 aliphatic rings. The van der Waals surface area contributed by atoms with Crippen LogP contribution in [0.2, 0.25) is 0 Å². The Morgan fingerprint density at radius 3 is 2.62 bits per heavy atom. The first kappa shape index (κ1) is 10.1. The second-order valence-corrected chi connectivity index (χ2v) is 5.80. The average molecular weight is 227 g/mol. The summed E-state index contributed by atoms with van der Waals surface area (Å²) in [5.74, 6) is -3.05. The van der Waals surface area contributed by atoms with Gasteiger partial charge in [-0.15, -0.1) is 0 Å². The van der Waals surface area contributed by atoms with Crippen LogP contribution in [0.1, 0.15) is 44.4 Å². The number of rotatable bonds is 0. The molecule has 0 aromatic carbocycles. The third-order valence-corrected chi connectivity index (χ3v) is 3.53. The standard InChI is InChI=1S/C11H15F2N3/c1-10(2,3)16-8-7(9(14)15-16)5-4-6(5)11(8,12)13/h5-6H,4H2,1-3H3,(H2,14,15)/t5?,6-/m1/s1. The molecule has 3 nitrogen and oxygen atoms in total. The first-order chi connectivity index (χ1) is 7.24. The van der Waals surface area contributed by atoms with Crippen LogP contribution in [0.25, 0.3) is 0 Å². The summed E-state index contributed by atoms with van der Waals surface area (Å²) in [5.41, 5.74) is 5.96. The molecule has 0 spiro atoms. The molecular formula is C11H15F2N3. The van der Waals surface area contributed by atoms with Crippen molar-refractivity contribution in [2.75, 3.05) is 5.73 Å². The third kappa shape index (κ3) is 0.987. The molecule has 1 aromatic rings. The van der Waals surface area contributed by atoms with Gasteiger partial charge in [0, 0.05) is 11.5 Å². The summed E-state index contributed by atoms with van der Waals surface area (Å²) in [5, 5.41) is 4.09. The first-order valence-corrected chi connectivity index (χ1v) is 5.51. The van der Waals surface area contributed by atoms with Crippen LogP contribution in [0, 0.1) is 5.92 Å². The molecule has 0 bridgehead atoms. The van der Waals surface area contributed by atoms with E-state index in [0.29, 0.717) is 12.0 Å². The van der Waals surface area contributed by atoms with Gasteiger partial charge in [-0.1, -0.05) is 0 Å². The SMILES string of the molecule is CC(C)(C)n1nc(N)c2c1C(F)(F)[C@@H]1CC21. The molecule has 16 heavy (non-hydrogen) atoms. The summed E-state index contributed by atoms with van der Waals surface area (Å²) in [6, 6.07) is 0. The van der Waals surface area contributed by atoms with Gasteiger partial charge in [0.05, 0.1) is 5.54 Å². The molecule has 3 rings (SSSR count). The fraction of sp³-hybridized carbons (Fsp3) is 0.727. The molecule has 0 radical (unpaired) electrons. The maximum atomic E-state index is 14.1. The monoisotopic (exact) mass is 227 g/mol. The van der Waals surface area contributed by atoms with E-state index in [1.807, 2.05) is 20.8 Å². The molecular weight excluding hydrogens is 212 g/mol. The molecule has 1 heterocycles. The van der Waals surface area contributed by atoms with E-state index >= 15 is 0 Å². The van der Waals surface area contributed by atoms with E-state index in [9.17, 15) is 8.78 Å². The van der Waals surface area contributed by atoms with E-state index in [1.54, 1.807) is 0 Å². The van der Waals surface area contributed by atoms with Crippen LogP contribution in [-0.2, 0) is 11.5 Å². The van der Waals surface area contributed by atoms with Gasteiger partial charge in [-0.2, -0.15) is 13.9 Å². The fourth-order valence-electron chi connectivity index (χ4n) is 2.71. The summed E-state index contributed by atoms with van der Waals surface area (Å²) in [6.07, 6.45) is 0.556. The molecule has 0 aliphatic heterocycles. The van der Waals surface area contributed by atoms with E-state index in [-0.39, 0.29) is 17.4 Å². The largest absolute Gasteiger partial charge is 0.382 e. The van der Waals surface area contributed by atoms with Crippen molar-refractivity contribution in [1.29, 1.82) is 0 Å². The quantitative estimate of drug-likeness (QED) is 0.739.